The van der Waals surface area contributed by atoms with Crippen LogP contribution in [0.15, 0.2) is 27.7 Å². The summed E-state index contributed by atoms with van der Waals surface area (Å²) in [6.07, 6.45) is 1.04. The molecule has 104 valence electrons. The molecule has 1 aromatic carbocycles. The van der Waals surface area contributed by atoms with E-state index in [1.165, 1.54) is 5.56 Å². The van der Waals surface area contributed by atoms with Gasteiger partial charge in [0.1, 0.15) is 5.75 Å². The zero-order chi connectivity index (χ0) is 14.0. The minimum absolute atomic E-state index is 0.180. The molecule has 5 heteroatoms. The number of halogens is 1. The maximum absolute atomic E-state index is 6.03. The van der Waals surface area contributed by atoms with Gasteiger partial charge in [-0.15, -0.1) is 0 Å². The van der Waals surface area contributed by atoms with Crippen molar-refractivity contribution < 1.29 is 4.74 Å². The molecule has 0 saturated carbocycles. The van der Waals surface area contributed by atoms with Crippen molar-refractivity contribution in [2.24, 2.45) is 10.7 Å². The number of rotatable bonds is 4. The molecule has 0 aromatic heterocycles. The molecule has 2 atom stereocenters. The van der Waals surface area contributed by atoms with Crippen molar-refractivity contribution in [1.29, 1.82) is 0 Å². The van der Waals surface area contributed by atoms with Crippen LogP contribution in [0.25, 0.3) is 0 Å². The first-order valence-electron chi connectivity index (χ1n) is 6.50. The van der Waals surface area contributed by atoms with Crippen molar-refractivity contribution in [3.63, 3.8) is 0 Å². The maximum Gasteiger partial charge on any atom is 0.192 e. The minimum atomic E-state index is 0.180. The van der Waals surface area contributed by atoms with Crippen LogP contribution in [0.2, 0.25) is 0 Å². The lowest BCUT2D eigenvalue weighted by molar-refractivity contribution is 0.267. The van der Waals surface area contributed by atoms with E-state index in [1.807, 2.05) is 12.1 Å². The molecule has 0 radical (unpaired) electrons. The van der Waals surface area contributed by atoms with Gasteiger partial charge in [-0.2, -0.15) is 0 Å². The number of hydrogen-bond acceptors (Lipinski definition) is 4. The second-order valence-corrected chi connectivity index (χ2v) is 5.62. The molecule has 2 N–H and O–H groups in total. The molecule has 0 aliphatic carbocycles. The molecule has 1 aromatic rings. The van der Waals surface area contributed by atoms with E-state index in [-0.39, 0.29) is 6.04 Å². The summed E-state index contributed by atoms with van der Waals surface area (Å²) in [5, 5.41) is 0. The number of benzene rings is 1. The Morgan fingerprint density at radius 3 is 2.95 bits per heavy atom. The summed E-state index contributed by atoms with van der Waals surface area (Å²) >= 11 is 3.61. The highest BCUT2D eigenvalue weighted by molar-refractivity contribution is 9.10. The van der Waals surface area contributed by atoms with Gasteiger partial charge in [0.25, 0.3) is 0 Å². The van der Waals surface area contributed by atoms with Crippen LogP contribution in [0.4, 0.5) is 0 Å². The van der Waals surface area contributed by atoms with Crippen LogP contribution in [0.1, 0.15) is 31.9 Å². The van der Waals surface area contributed by atoms with E-state index in [4.69, 9.17) is 10.5 Å². The van der Waals surface area contributed by atoms with Gasteiger partial charge in [-0.1, -0.05) is 22.9 Å². The summed E-state index contributed by atoms with van der Waals surface area (Å²) in [4.78, 5) is 6.59. The summed E-state index contributed by atoms with van der Waals surface area (Å²) < 4.78 is 6.38. The van der Waals surface area contributed by atoms with E-state index >= 15 is 0 Å². The van der Waals surface area contributed by atoms with Gasteiger partial charge in [0, 0.05) is 10.5 Å². The summed E-state index contributed by atoms with van der Waals surface area (Å²) in [5.74, 6) is 1.49. The molecule has 0 bridgehead atoms. The van der Waals surface area contributed by atoms with Crippen LogP contribution in [0.5, 0.6) is 5.75 Å². The Hall–Kier alpha value is -1.23. The van der Waals surface area contributed by atoms with Gasteiger partial charge in [0.15, 0.2) is 5.96 Å². The number of guanidine groups is 1. The first-order valence-corrected chi connectivity index (χ1v) is 7.29. The molecule has 19 heavy (non-hydrogen) atoms. The Morgan fingerprint density at radius 1 is 1.58 bits per heavy atom. The van der Waals surface area contributed by atoms with Gasteiger partial charge < -0.3 is 15.4 Å². The predicted octanol–water partition coefficient (Wildman–Crippen LogP) is 2.93. The van der Waals surface area contributed by atoms with Crippen LogP contribution in [-0.4, -0.2) is 30.6 Å². The fourth-order valence-electron chi connectivity index (χ4n) is 2.39. The number of nitrogens with two attached hydrogens (primary N) is 1. The second kappa shape index (κ2) is 5.82. The Bertz CT molecular complexity index is 490. The third-order valence-corrected chi connectivity index (χ3v) is 4.38. The molecule has 0 amide bonds. The molecule has 0 saturated heterocycles. The quantitative estimate of drug-likeness (QED) is 0.925. The lowest BCUT2D eigenvalue weighted by Gasteiger charge is -2.32. The minimum Gasteiger partial charge on any atom is -0.497 e. The zero-order valence-electron chi connectivity index (χ0n) is 11.6. The first-order chi connectivity index (χ1) is 9.08. The topological polar surface area (TPSA) is 50.8 Å². The van der Waals surface area contributed by atoms with Gasteiger partial charge >= 0.3 is 0 Å². The predicted molar refractivity (Wildman–Crippen MR) is 81.5 cm³/mol. The Morgan fingerprint density at radius 2 is 2.32 bits per heavy atom. The lowest BCUT2D eigenvalue weighted by Crippen LogP contribution is -2.42. The Labute approximate surface area is 122 Å². The third kappa shape index (κ3) is 2.71. The summed E-state index contributed by atoms with van der Waals surface area (Å²) in [5.41, 5.74) is 7.20. The molecule has 1 aliphatic rings. The van der Waals surface area contributed by atoms with Gasteiger partial charge in [0.2, 0.25) is 0 Å². The van der Waals surface area contributed by atoms with Crippen molar-refractivity contribution in [3.8, 4) is 5.75 Å². The van der Waals surface area contributed by atoms with Crippen molar-refractivity contribution in [2.75, 3.05) is 13.7 Å². The van der Waals surface area contributed by atoms with Gasteiger partial charge in [-0.3, -0.25) is 4.99 Å². The number of ether oxygens (including phenoxy) is 1. The molecule has 0 spiro atoms. The highest BCUT2D eigenvalue weighted by Crippen LogP contribution is 2.35. The van der Waals surface area contributed by atoms with E-state index in [1.54, 1.807) is 7.11 Å². The zero-order valence-corrected chi connectivity index (χ0v) is 13.1. The molecular formula is C14H20BrN3O. The first kappa shape index (κ1) is 14.2. The van der Waals surface area contributed by atoms with E-state index in [9.17, 15) is 0 Å². The van der Waals surface area contributed by atoms with Crippen LogP contribution in [-0.2, 0) is 0 Å². The molecule has 1 aliphatic heterocycles. The fraction of sp³-hybridized carbons (Fsp3) is 0.500. The number of methoxy groups -OCH3 is 1. The highest BCUT2D eigenvalue weighted by atomic mass is 79.9. The van der Waals surface area contributed by atoms with Crippen molar-refractivity contribution >= 4 is 21.9 Å². The molecule has 2 unspecified atom stereocenters. The largest absolute Gasteiger partial charge is 0.497 e. The Balaban J connectivity index is 2.36. The van der Waals surface area contributed by atoms with E-state index in [0.717, 1.165) is 16.6 Å². The van der Waals surface area contributed by atoms with E-state index < -0.39 is 0 Å². The molecule has 0 fully saturated rings. The SMILES string of the molecule is CCC(C)N1C(N)=NCC1c1cc(OC)ccc1Br. The van der Waals surface area contributed by atoms with Gasteiger partial charge in [0.05, 0.1) is 19.7 Å². The average Bonchev–Trinajstić information content (AvgIpc) is 2.80. The van der Waals surface area contributed by atoms with Gasteiger partial charge in [-0.25, -0.2) is 0 Å². The fourth-order valence-corrected chi connectivity index (χ4v) is 2.90. The van der Waals surface area contributed by atoms with Crippen molar-refractivity contribution in [2.45, 2.75) is 32.4 Å². The normalized spacial score (nSPS) is 20.3. The monoisotopic (exact) mass is 325 g/mol. The summed E-state index contributed by atoms with van der Waals surface area (Å²) in [6, 6.07) is 6.56. The smallest absolute Gasteiger partial charge is 0.192 e. The summed E-state index contributed by atoms with van der Waals surface area (Å²) in [6.45, 7) is 5.03. The molecule has 2 rings (SSSR count). The van der Waals surface area contributed by atoms with Crippen LogP contribution < -0.4 is 10.5 Å². The van der Waals surface area contributed by atoms with Crippen LogP contribution in [0, 0.1) is 0 Å². The standard InChI is InChI=1S/C14H20BrN3O/c1-4-9(2)18-13(8-17-14(18)16)11-7-10(19-3)5-6-12(11)15/h5-7,9,13H,4,8H2,1-3H3,(H2,16,17). The number of nitrogens with zero attached hydrogens (tertiary/aromatic N) is 2. The van der Waals surface area contributed by atoms with E-state index in [0.29, 0.717) is 18.5 Å². The lowest BCUT2D eigenvalue weighted by atomic mass is 10.0. The van der Waals surface area contributed by atoms with Gasteiger partial charge in [-0.05, 0) is 37.1 Å². The average molecular weight is 326 g/mol. The molecular weight excluding hydrogens is 306 g/mol. The van der Waals surface area contributed by atoms with E-state index in [2.05, 4.69) is 45.7 Å². The second-order valence-electron chi connectivity index (χ2n) is 4.77. The maximum atomic E-state index is 6.03. The Kier molecular flexibility index (Phi) is 4.34. The highest BCUT2D eigenvalue weighted by Gasteiger charge is 2.31. The van der Waals surface area contributed by atoms with Crippen LogP contribution in [0.3, 0.4) is 0 Å². The summed E-state index contributed by atoms with van der Waals surface area (Å²) in [7, 11) is 1.68. The van der Waals surface area contributed by atoms with Crippen molar-refractivity contribution in [3.05, 3.63) is 28.2 Å². The number of aliphatic imine (C=N–C) groups is 1. The molecule has 1 heterocycles. The van der Waals surface area contributed by atoms with Crippen molar-refractivity contribution in [1.82, 2.24) is 4.90 Å². The molecule has 4 nitrogen and oxygen atoms in total. The van der Waals surface area contributed by atoms with Crippen LogP contribution >= 0.6 is 15.9 Å². The number of hydrogen-bond donors (Lipinski definition) is 1. The third-order valence-electron chi connectivity index (χ3n) is 3.65.